The number of sulfone groups is 1. The molecule has 0 amide bonds. The fraction of sp³-hybridized carbons (Fsp3) is 0.600. The molecule has 6 heteroatoms. The zero-order chi connectivity index (χ0) is 15.3. The van der Waals surface area contributed by atoms with E-state index in [9.17, 15) is 8.42 Å². The molecule has 0 saturated carbocycles. The van der Waals surface area contributed by atoms with Crippen molar-refractivity contribution in [1.82, 2.24) is 4.90 Å². The highest BCUT2D eigenvalue weighted by Gasteiger charge is 2.21. The van der Waals surface area contributed by atoms with Crippen molar-refractivity contribution in [2.75, 3.05) is 32.0 Å². The second kappa shape index (κ2) is 7.35. The lowest BCUT2D eigenvalue weighted by Gasteiger charge is -2.30. The second-order valence-electron chi connectivity index (χ2n) is 5.64. The van der Waals surface area contributed by atoms with Gasteiger partial charge in [-0.05, 0) is 49.5 Å². The molecule has 21 heavy (non-hydrogen) atoms. The highest BCUT2D eigenvalue weighted by Crippen LogP contribution is 2.18. The maximum Gasteiger partial charge on any atom is 0.179 e. The van der Waals surface area contributed by atoms with Crippen LogP contribution in [0.3, 0.4) is 0 Å². The molecule has 1 aliphatic rings. The van der Waals surface area contributed by atoms with Gasteiger partial charge < -0.3 is 15.7 Å². The third-order valence-electron chi connectivity index (χ3n) is 4.13. The van der Waals surface area contributed by atoms with E-state index in [1.165, 1.54) is 0 Å². The maximum absolute atomic E-state index is 12.4. The zero-order valence-electron chi connectivity index (χ0n) is 12.2. The van der Waals surface area contributed by atoms with Crippen LogP contribution in [-0.2, 0) is 16.4 Å². The molecule has 1 aromatic rings. The predicted molar refractivity (Wildman–Crippen MR) is 82.6 cm³/mol. The first-order valence-corrected chi connectivity index (χ1v) is 9.05. The Balaban J connectivity index is 1.92. The molecule has 0 spiro atoms. The molecule has 1 aliphatic heterocycles. The molecule has 1 saturated heterocycles. The van der Waals surface area contributed by atoms with Crippen molar-refractivity contribution in [1.29, 1.82) is 0 Å². The summed E-state index contributed by atoms with van der Waals surface area (Å²) in [6, 6.07) is 6.86. The van der Waals surface area contributed by atoms with Crippen LogP contribution in [0.5, 0.6) is 0 Å². The van der Waals surface area contributed by atoms with Crippen LogP contribution >= 0.6 is 0 Å². The minimum absolute atomic E-state index is 0.130. The molecule has 0 bridgehead atoms. The topological polar surface area (TPSA) is 83.6 Å². The molecule has 0 aliphatic carbocycles. The van der Waals surface area contributed by atoms with E-state index in [4.69, 9.17) is 10.8 Å². The van der Waals surface area contributed by atoms with Crippen molar-refractivity contribution in [3.05, 3.63) is 29.8 Å². The van der Waals surface area contributed by atoms with Crippen LogP contribution < -0.4 is 5.73 Å². The summed E-state index contributed by atoms with van der Waals surface area (Å²) in [5.41, 5.74) is 6.39. The Labute approximate surface area is 126 Å². The monoisotopic (exact) mass is 312 g/mol. The minimum Gasteiger partial charge on any atom is -0.396 e. The summed E-state index contributed by atoms with van der Waals surface area (Å²) in [6.45, 7) is 2.86. The van der Waals surface area contributed by atoms with Crippen molar-refractivity contribution in [3.8, 4) is 0 Å². The standard InChI is InChI=1S/C15H24N2O3S/c16-11-14-2-1-3-15(10-14)21(19,20)9-8-17-6-4-13(12-18)5-7-17/h1-3,10,13,18H,4-9,11-12,16H2. The van der Waals surface area contributed by atoms with Gasteiger partial charge in [-0.3, -0.25) is 0 Å². The summed E-state index contributed by atoms with van der Waals surface area (Å²) in [7, 11) is -3.26. The van der Waals surface area contributed by atoms with E-state index in [2.05, 4.69) is 4.90 Å². The lowest BCUT2D eigenvalue weighted by molar-refractivity contribution is 0.136. The number of nitrogens with two attached hydrogens (primary N) is 1. The van der Waals surface area contributed by atoms with E-state index in [0.717, 1.165) is 31.5 Å². The summed E-state index contributed by atoms with van der Waals surface area (Å²) in [4.78, 5) is 2.52. The Morgan fingerprint density at radius 3 is 2.62 bits per heavy atom. The van der Waals surface area contributed by atoms with Crippen LogP contribution in [0.1, 0.15) is 18.4 Å². The quantitative estimate of drug-likeness (QED) is 0.805. The molecule has 118 valence electrons. The van der Waals surface area contributed by atoms with Crippen molar-refractivity contribution >= 4 is 9.84 Å². The third kappa shape index (κ3) is 4.51. The molecule has 5 nitrogen and oxygen atoms in total. The lowest BCUT2D eigenvalue weighted by atomic mass is 9.98. The van der Waals surface area contributed by atoms with E-state index >= 15 is 0 Å². The predicted octanol–water partition coefficient (Wildman–Crippen LogP) is 0.623. The minimum atomic E-state index is -3.26. The highest BCUT2D eigenvalue weighted by molar-refractivity contribution is 7.91. The summed E-state index contributed by atoms with van der Waals surface area (Å²) in [6.07, 6.45) is 1.89. The van der Waals surface area contributed by atoms with Gasteiger partial charge in [0.2, 0.25) is 0 Å². The fourth-order valence-corrected chi connectivity index (χ4v) is 3.98. The van der Waals surface area contributed by atoms with Crippen LogP contribution in [0.4, 0.5) is 0 Å². The summed E-state index contributed by atoms with van der Waals surface area (Å²) in [5, 5.41) is 9.11. The molecule has 1 fully saturated rings. The van der Waals surface area contributed by atoms with Gasteiger partial charge >= 0.3 is 0 Å². The molecular weight excluding hydrogens is 288 g/mol. The van der Waals surface area contributed by atoms with Gasteiger partial charge in [-0.25, -0.2) is 8.42 Å². The number of benzene rings is 1. The first-order valence-electron chi connectivity index (χ1n) is 7.40. The molecule has 1 heterocycles. The van der Waals surface area contributed by atoms with Gasteiger partial charge in [0.15, 0.2) is 9.84 Å². The molecule has 1 aromatic carbocycles. The van der Waals surface area contributed by atoms with E-state index < -0.39 is 9.84 Å². The molecule has 0 unspecified atom stereocenters. The smallest absolute Gasteiger partial charge is 0.179 e. The average molecular weight is 312 g/mol. The Kier molecular flexibility index (Phi) is 5.75. The van der Waals surface area contributed by atoms with Crippen LogP contribution in [0, 0.1) is 5.92 Å². The summed E-state index contributed by atoms with van der Waals surface area (Å²) < 4.78 is 24.7. The molecule has 0 atom stereocenters. The number of hydrogen-bond donors (Lipinski definition) is 2. The van der Waals surface area contributed by atoms with Gasteiger partial charge in [-0.1, -0.05) is 12.1 Å². The molecule has 3 N–H and O–H groups in total. The first kappa shape index (κ1) is 16.4. The number of rotatable bonds is 6. The van der Waals surface area contributed by atoms with Crippen molar-refractivity contribution in [2.45, 2.75) is 24.3 Å². The molecule has 2 rings (SSSR count). The normalized spacial score (nSPS) is 18.0. The molecule has 0 aromatic heterocycles. The lowest BCUT2D eigenvalue weighted by Crippen LogP contribution is -2.37. The number of likely N-dealkylation sites (tertiary alicyclic amines) is 1. The van der Waals surface area contributed by atoms with E-state index in [1.807, 2.05) is 6.07 Å². The van der Waals surface area contributed by atoms with E-state index in [-0.39, 0.29) is 12.4 Å². The zero-order valence-corrected chi connectivity index (χ0v) is 13.1. The van der Waals surface area contributed by atoms with Gasteiger partial charge in [-0.15, -0.1) is 0 Å². The van der Waals surface area contributed by atoms with Crippen LogP contribution in [0.25, 0.3) is 0 Å². The average Bonchev–Trinajstić information content (AvgIpc) is 2.53. The number of aliphatic hydroxyl groups is 1. The van der Waals surface area contributed by atoms with Gasteiger partial charge in [0, 0.05) is 19.7 Å². The Morgan fingerprint density at radius 2 is 2.00 bits per heavy atom. The second-order valence-corrected chi connectivity index (χ2v) is 7.75. The molecule has 0 radical (unpaired) electrons. The van der Waals surface area contributed by atoms with Gasteiger partial charge in [0.05, 0.1) is 10.6 Å². The highest BCUT2D eigenvalue weighted by atomic mass is 32.2. The third-order valence-corrected chi connectivity index (χ3v) is 5.83. The Hall–Kier alpha value is -0.950. The van der Waals surface area contributed by atoms with E-state index in [0.29, 0.717) is 23.9 Å². The Morgan fingerprint density at radius 1 is 1.29 bits per heavy atom. The van der Waals surface area contributed by atoms with Crippen molar-refractivity contribution in [2.24, 2.45) is 11.7 Å². The van der Waals surface area contributed by atoms with Crippen LogP contribution in [0.2, 0.25) is 0 Å². The van der Waals surface area contributed by atoms with Crippen molar-refractivity contribution in [3.63, 3.8) is 0 Å². The Bertz CT molecular complexity index is 552. The SMILES string of the molecule is NCc1cccc(S(=O)(=O)CCN2CCC(CO)CC2)c1. The number of piperidine rings is 1. The number of aliphatic hydroxyl groups excluding tert-OH is 1. The van der Waals surface area contributed by atoms with Crippen molar-refractivity contribution < 1.29 is 13.5 Å². The van der Waals surface area contributed by atoms with Crippen LogP contribution in [-0.4, -0.2) is 50.4 Å². The first-order chi connectivity index (χ1) is 10.0. The fourth-order valence-electron chi connectivity index (χ4n) is 2.63. The number of nitrogens with zero attached hydrogens (tertiary/aromatic N) is 1. The van der Waals surface area contributed by atoms with Crippen LogP contribution in [0.15, 0.2) is 29.2 Å². The van der Waals surface area contributed by atoms with Gasteiger partial charge in [0.25, 0.3) is 0 Å². The maximum atomic E-state index is 12.4. The van der Waals surface area contributed by atoms with E-state index in [1.54, 1.807) is 18.2 Å². The summed E-state index contributed by atoms with van der Waals surface area (Å²) in [5.74, 6) is 0.504. The van der Waals surface area contributed by atoms with Gasteiger partial charge in [-0.2, -0.15) is 0 Å². The van der Waals surface area contributed by atoms with Gasteiger partial charge in [0.1, 0.15) is 0 Å². The largest absolute Gasteiger partial charge is 0.396 e. The summed E-state index contributed by atoms with van der Waals surface area (Å²) >= 11 is 0. The number of hydrogen-bond acceptors (Lipinski definition) is 5. The molecular formula is C15H24N2O3S.